The number of benzene rings is 1. The lowest BCUT2D eigenvalue weighted by Gasteiger charge is -2.30. The van der Waals surface area contributed by atoms with Crippen LogP contribution in [0.15, 0.2) is 42.9 Å². The second-order valence-corrected chi connectivity index (χ2v) is 6.68. The second-order valence-electron chi connectivity index (χ2n) is 6.68. The fourth-order valence-corrected chi connectivity index (χ4v) is 3.39. The lowest BCUT2D eigenvalue weighted by atomic mass is 10.1. The summed E-state index contributed by atoms with van der Waals surface area (Å²) in [4.78, 5) is 14.0. The molecule has 0 spiro atoms. The van der Waals surface area contributed by atoms with Crippen molar-refractivity contribution in [2.45, 2.75) is 25.5 Å². The highest BCUT2D eigenvalue weighted by molar-refractivity contribution is 5.65. The highest BCUT2D eigenvalue weighted by Gasteiger charge is 2.26. The van der Waals surface area contributed by atoms with Crippen LogP contribution in [0.25, 0.3) is 5.69 Å². The normalized spacial score (nSPS) is 14.5. The van der Waals surface area contributed by atoms with Gasteiger partial charge in [-0.1, -0.05) is 0 Å². The Morgan fingerprint density at radius 2 is 1.86 bits per heavy atom. The van der Waals surface area contributed by atoms with Crippen LogP contribution in [0.2, 0.25) is 0 Å². The van der Waals surface area contributed by atoms with Crippen molar-refractivity contribution in [1.82, 2.24) is 29.7 Å². The molecule has 1 aliphatic rings. The lowest BCUT2D eigenvalue weighted by molar-refractivity contribution is 0.123. The van der Waals surface area contributed by atoms with E-state index in [9.17, 15) is 10.1 Å². The second kappa shape index (κ2) is 8.02. The number of rotatable bonds is 5. The van der Waals surface area contributed by atoms with Gasteiger partial charge in [-0.2, -0.15) is 25.4 Å². The molecule has 4 rings (SSSR count). The summed E-state index contributed by atoms with van der Waals surface area (Å²) in [6, 6.07) is 9.55. The predicted octanol–water partition coefficient (Wildman–Crippen LogP) is 2.23. The number of nitriles is 1. The maximum Gasteiger partial charge on any atom is 0.407 e. The number of nitrogens with zero attached hydrogens (tertiary/aromatic N) is 7. The number of carbonyl (C=O) groups is 1. The van der Waals surface area contributed by atoms with E-state index in [1.807, 2.05) is 24.3 Å². The molecule has 3 aromatic rings. The first-order valence-corrected chi connectivity index (χ1v) is 9.19. The Bertz CT molecular complexity index is 1010. The number of carboxylic acid groups (broad SMARTS) is 1. The molecular formula is C19H19N7O3. The summed E-state index contributed by atoms with van der Waals surface area (Å²) in [5.41, 5.74) is 1.97. The van der Waals surface area contributed by atoms with Crippen molar-refractivity contribution in [1.29, 1.82) is 5.26 Å². The first kappa shape index (κ1) is 18.5. The number of ether oxygens (including phenoxy) is 1. The Morgan fingerprint density at radius 1 is 1.17 bits per heavy atom. The van der Waals surface area contributed by atoms with Gasteiger partial charge in [-0.05, 0) is 37.1 Å². The molecule has 10 heteroatoms. The maximum atomic E-state index is 11.1. The smallest absolute Gasteiger partial charge is 0.407 e. The average molecular weight is 393 g/mol. The molecule has 2 aromatic heterocycles. The Hall–Kier alpha value is -3.87. The van der Waals surface area contributed by atoms with Gasteiger partial charge in [0.05, 0.1) is 30.3 Å². The van der Waals surface area contributed by atoms with Gasteiger partial charge in [0.25, 0.3) is 0 Å². The van der Waals surface area contributed by atoms with Gasteiger partial charge in [0, 0.05) is 18.7 Å². The third-order valence-corrected chi connectivity index (χ3v) is 4.94. The Labute approximate surface area is 166 Å². The third kappa shape index (κ3) is 3.89. The number of hydrogen-bond donors (Lipinski definition) is 1. The molecule has 0 bridgehead atoms. The van der Waals surface area contributed by atoms with Crippen molar-refractivity contribution >= 4 is 6.09 Å². The van der Waals surface area contributed by atoms with Gasteiger partial charge in [0.1, 0.15) is 24.1 Å². The van der Waals surface area contributed by atoms with Crippen molar-refractivity contribution in [3.05, 3.63) is 54.1 Å². The van der Waals surface area contributed by atoms with Gasteiger partial charge in [0.2, 0.25) is 0 Å². The monoisotopic (exact) mass is 393 g/mol. The molecule has 0 atom stereocenters. The van der Waals surface area contributed by atoms with E-state index < -0.39 is 6.09 Å². The van der Waals surface area contributed by atoms with Gasteiger partial charge in [-0.3, -0.25) is 4.68 Å². The van der Waals surface area contributed by atoms with Crippen LogP contribution < -0.4 is 4.74 Å². The zero-order valence-corrected chi connectivity index (χ0v) is 15.5. The molecule has 0 saturated carbocycles. The zero-order valence-electron chi connectivity index (χ0n) is 15.5. The molecule has 1 amide bonds. The van der Waals surface area contributed by atoms with E-state index in [0.717, 1.165) is 5.69 Å². The molecule has 1 fully saturated rings. The van der Waals surface area contributed by atoms with Crippen molar-refractivity contribution in [2.75, 3.05) is 13.1 Å². The fraction of sp³-hybridized carbons (Fsp3) is 0.316. The maximum absolute atomic E-state index is 11.1. The molecular weight excluding hydrogens is 374 g/mol. The van der Waals surface area contributed by atoms with Crippen LogP contribution in [-0.4, -0.2) is 54.0 Å². The van der Waals surface area contributed by atoms with Gasteiger partial charge in [-0.25, -0.2) is 4.79 Å². The number of amides is 1. The van der Waals surface area contributed by atoms with Gasteiger partial charge in [-0.15, -0.1) is 0 Å². The minimum atomic E-state index is -0.909. The van der Waals surface area contributed by atoms with E-state index in [0.29, 0.717) is 42.9 Å². The molecule has 10 nitrogen and oxygen atoms in total. The van der Waals surface area contributed by atoms with E-state index >= 15 is 0 Å². The molecule has 0 aliphatic carbocycles. The molecule has 1 aromatic carbocycles. The number of aromatic nitrogens is 5. The topological polar surface area (TPSA) is 122 Å². The van der Waals surface area contributed by atoms with Crippen LogP contribution >= 0.6 is 0 Å². The minimum Gasteiger partial charge on any atom is -0.489 e. The van der Waals surface area contributed by atoms with Crippen molar-refractivity contribution in [3.8, 4) is 17.5 Å². The highest BCUT2D eigenvalue weighted by Crippen LogP contribution is 2.25. The molecule has 29 heavy (non-hydrogen) atoms. The van der Waals surface area contributed by atoms with E-state index in [4.69, 9.17) is 9.84 Å². The quantitative estimate of drug-likeness (QED) is 0.705. The summed E-state index contributed by atoms with van der Waals surface area (Å²) in [5.74, 6) is 0.660. The zero-order chi connectivity index (χ0) is 20.2. The SMILES string of the molecule is N#Cc1c(COc2ccc(-n3nccn3)cc2)cnn1C1CCN(C(=O)O)CC1. The Balaban J connectivity index is 1.41. The van der Waals surface area contributed by atoms with Crippen LogP contribution in [0.4, 0.5) is 4.79 Å². The summed E-state index contributed by atoms with van der Waals surface area (Å²) in [7, 11) is 0. The third-order valence-electron chi connectivity index (χ3n) is 4.94. The fourth-order valence-electron chi connectivity index (χ4n) is 3.39. The van der Waals surface area contributed by atoms with E-state index in [2.05, 4.69) is 21.4 Å². The van der Waals surface area contributed by atoms with E-state index in [-0.39, 0.29) is 12.6 Å². The van der Waals surface area contributed by atoms with Crippen molar-refractivity contribution in [3.63, 3.8) is 0 Å². The van der Waals surface area contributed by atoms with Crippen LogP contribution in [0.1, 0.15) is 30.1 Å². The largest absolute Gasteiger partial charge is 0.489 e. The summed E-state index contributed by atoms with van der Waals surface area (Å²) in [6.07, 6.45) is 5.21. The van der Waals surface area contributed by atoms with Crippen LogP contribution in [0.5, 0.6) is 5.75 Å². The highest BCUT2D eigenvalue weighted by atomic mass is 16.5. The molecule has 0 unspecified atom stereocenters. The number of likely N-dealkylation sites (tertiary alicyclic amines) is 1. The molecule has 1 N–H and O–H groups in total. The molecule has 1 aliphatic heterocycles. The molecule has 148 valence electrons. The molecule has 0 radical (unpaired) electrons. The summed E-state index contributed by atoms with van der Waals surface area (Å²) < 4.78 is 7.51. The van der Waals surface area contributed by atoms with Crippen molar-refractivity contribution < 1.29 is 14.6 Å². The Kier molecular flexibility index (Phi) is 5.11. The van der Waals surface area contributed by atoms with Crippen molar-refractivity contribution in [2.24, 2.45) is 0 Å². The summed E-state index contributed by atoms with van der Waals surface area (Å²) in [6.45, 7) is 1.10. The van der Waals surface area contributed by atoms with Crippen LogP contribution in [-0.2, 0) is 6.61 Å². The van der Waals surface area contributed by atoms with E-state index in [1.54, 1.807) is 23.3 Å². The first-order chi connectivity index (χ1) is 14.2. The minimum absolute atomic E-state index is 0.00912. The molecule has 1 saturated heterocycles. The van der Waals surface area contributed by atoms with Crippen LogP contribution in [0, 0.1) is 11.3 Å². The summed E-state index contributed by atoms with van der Waals surface area (Å²) in [5, 5.41) is 31.2. The predicted molar refractivity (Wildman–Crippen MR) is 101 cm³/mol. The lowest BCUT2D eigenvalue weighted by Crippen LogP contribution is -2.38. The Morgan fingerprint density at radius 3 is 2.48 bits per heavy atom. The number of hydrogen-bond acceptors (Lipinski definition) is 6. The van der Waals surface area contributed by atoms with Crippen LogP contribution in [0.3, 0.4) is 0 Å². The van der Waals surface area contributed by atoms with Gasteiger partial charge < -0.3 is 14.7 Å². The van der Waals surface area contributed by atoms with Gasteiger partial charge in [0.15, 0.2) is 0 Å². The standard InChI is InChI=1S/C19H19N7O3/c20-11-18-14(12-23-25(18)15-5-9-24(10-6-15)19(27)28)13-29-17-3-1-16(2-4-17)26-21-7-8-22-26/h1-4,7-8,12,15H,5-6,9-10,13H2,(H,27,28). The average Bonchev–Trinajstić information content (AvgIpc) is 3.42. The van der Waals surface area contributed by atoms with E-state index in [1.165, 1.54) is 9.70 Å². The summed E-state index contributed by atoms with van der Waals surface area (Å²) >= 11 is 0. The molecule has 3 heterocycles. The number of piperidine rings is 1. The first-order valence-electron chi connectivity index (χ1n) is 9.19. The van der Waals surface area contributed by atoms with Gasteiger partial charge >= 0.3 is 6.09 Å².